The Hall–Kier alpha value is -2.02. The summed E-state index contributed by atoms with van der Waals surface area (Å²) in [7, 11) is 3.92. The molecule has 0 radical (unpaired) electrons. The molecule has 6 nitrogen and oxygen atoms in total. The first-order chi connectivity index (χ1) is 11.6. The van der Waals surface area contributed by atoms with E-state index in [1.165, 1.54) is 11.3 Å². The zero-order valence-electron chi connectivity index (χ0n) is 14.2. The van der Waals surface area contributed by atoms with E-state index in [1.54, 1.807) is 5.51 Å². The third-order valence-corrected chi connectivity index (χ3v) is 5.02. The highest BCUT2D eigenvalue weighted by Crippen LogP contribution is 2.22. The Morgan fingerprint density at radius 2 is 2.12 bits per heavy atom. The number of thiazole rings is 1. The summed E-state index contributed by atoms with van der Waals surface area (Å²) >= 11 is 1.47. The van der Waals surface area contributed by atoms with Crippen molar-refractivity contribution in [3.63, 3.8) is 0 Å². The molecule has 1 atom stereocenters. The van der Waals surface area contributed by atoms with Crippen molar-refractivity contribution >= 4 is 23.1 Å². The molecule has 1 fully saturated rings. The summed E-state index contributed by atoms with van der Waals surface area (Å²) < 4.78 is 0. The minimum absolute atomic E-state index is 0.0621. The van der Waals surface area contributed by atoms with Crippen LogP contribution < -0.4 is 4.90 Å². The van der Waals surface area contributed by atoms with Crippen LogP contribution in [0.5, 0.6) is 0 Å². The topological polar surface area (TPSA) is 62.2 Å². The van der Waals surface area contributed by atoms with E-state index in [9.17, 15) is 4.79 Å². The van der Waals surface area contributed by atoms with Gasteiger partial charge < -0.3 is 9.80 Å². The molecule has 0 N–H and O–H groups in total. The average molecular weight is 345 g/mol. The van der Waals surface area contributed by atoms with Gasteiger partial charge >= 0.3 is 0 Å². The van der Waals surface area contributed by atoms with E-state index in [0.29, 0.717) is 11.6 Å². The number of likely N-dealkylation sites (tertiary alicyclic amines) is 1. The van der Waals surface area contributed by atoms with Crippen LogP contribution in [0.2, 0.25) is 0 Å². The highest BCUT2D eigenvalue weighted by atomic mass is 32.1. The molecule has 2 aromatic heterocycles. The van der Waals surface area contributed by atoms with Crippen LogP contribution in [0.25, 0.3) is 0 Å². The van der Waals surface area contributed by atoms with Crippen molar-refractivity contribution in [1.29, 1.82) is 0 Å². The van der Waals surface area contributed by atoms with E-state index >= 15 is 0 Å². The number of carbonyl (C=O) groups excluding carboxylic acids is 1. The first-order valence-electron chi connectivity index (χ1n) is 8.29. The van der Waals surface area contributed by atoms with Crippen molar-refractivity contribution in [3.8, 4) is 0 Å². The van der Waals surface area contributed by atoms with Gasteiger partial charge in [-0.05, 0) is 31.6 Å². The Labute approximate surface area is 146 Å². The van der Waals surface area contributed by atoms with E-state index in [4.69, 9.17) is 0 Å². The molecule has 1 aliphatic rings. The van der Waals surface area contributed by atoms with Crippen molar-refractivity contribution in [2.75, 3.05) is 32.1 Å². The highest BCUT2D eigenvalue weighted by molar-refractivity contribution is 7.07. The van der Waals surface area contributed by atoms with Gasteiger partial charge in [0.15, 0.2) is 0 Å². The Balaban J connectivity index is 1.56. The molecule has 0 aromatic carbocycles. The maximum Gasteiger partial charge on any atom is 0.273 e. The number of amides is 1. The summed E-state index contributed by atoms with van der Waals surface area (Å²) in [6.45, 7) is 1.61. The molecule has 1 saturated heterocycles. The summed E-state index contributed by atoms with van der Waals surface area (Å²) in [4.78, 5) is 29.4. The molecule has 3 rings (SSSR count). The standard InChI is InChI=1S/C17H23N5OS/c1-21(2)16-10-18-14(9-19-16)8-13-4-3-6-22(7-5-13)17(23)15-11-24-12-20-15/h9-13H,3-8H2,1-2H3. The average Bonchev–Trinajstić information content (AvgIpc) is 3.02. The third-order valence-electron chi connectivity index (χ3n) is 4.43. The number of rotatable bonds is 4. The molecule has 0 spiro atoms. The molecule has 24 heavy (non-hydrogen) atoms. The van der Waals surface area contributed by atoms with Crippen LogP contribution in [0.15, 0.2) is 23.3 Å². The molecule has 128 valence electrons. The Kier molecular flexibility index (Phi) is 5.40. The van der Waals surface area contributed by atoms with Gasteiger partial charge in [-0.15, -0.1) is 11.3 Å². The number of hydrogen-bond donors (Lipinski definition) is 0. The molecule has 1 amide bonds. The van der Waals surface area contributed by atoms with Crippen molar-refractivity contribution in [2.45, 2.75) is 25.7 Å². The van der Waals surface area contributed by atoms with E-state index < -0.39 is 0 Å². The molecular formula is C17H23N5OS. The van der Waals surface area contributed by atoms with Gasteiger partial charge in [0, 0.05) is 32.6 Å². The van der Waals surface area contributed by atoms with Gasteiger partial charge in [-0.1, -0.05) is 0 Å². The van der Waals surface area contributed by atoms with Crippen molar-refractivity contribution in [1.82, 2.24) is 19.9 Å². The van der Waals surface area contributed by atoms with E-state index in [2.05, 4.69) is 15.0 Å². The van der Waals surface area contributed by atoms with Gasteiger partial charge in [0.05, 0.1) is 23.6 Å². The summed E-state index contributed by atoms with van der Waals surface area (Å²) in [6.07, 6.45) is 7.79. The molecule has 2 aromatic rings. The molecule has 0 saturated carbocycles. The van der Waals surface area contributed by atoms with Gasteiger partial charge in [0.25, 0.3) is 5.91 Å². The Bertz CT molecular complexity index is 656. The zero-order valence-corrected chi connectivity index (χ0v) is 15.0. The summed E-state index contributed by atoms with van der Waals surface area (Å²) in [5.74, 6) is 1.49. The predicted molar refractivity (Wildman–Crippen MR) is 95.4 cm³/mol. The van der Waals surface area contributed by atoms with Crippen LogP contribution in [-0.2, 0) is 6.42 Å². The maximum atomic E-state index is 12.4. The summed E-state index contributed by atoms with van der Waals surface area (Å²) in [5.41, 5.74) is 3.32. The minimum Gasteiger partial charge on any atom is -0.361 e. The molecule has 0 bridgehead atoms. The number of nitrogens with zero attached hydrogens (tertiary/aromatic N) is 5. The maximum absolute atomic E-state index is 12.4. The van der Waals surface area contributed by atoms with Gasteiger partial charge in [0.1, 0.15) is 11.5 Å². The van der Waals surface area contributed by atoms with Crippen LogP contribution in [0.4, 0.5) is 5.82 Å². The predicted octanol–water partition coefficient (Wildman–Crippen LogP) is 2.48. The SMILES string of the molecule is CN(C)c1cnc(CC2CCCN(C(=O)c3cscn3)CC2)cn1. The van der Waals surface area contributed by atoms with Gasteiger partial charge in [-0.3, -0.25) is 9.78 Å². The summed E-state index contributed by atoms with van der Waals surface area (Å²) in [5, 5.41) is 1.83. The molecule has 3 heterocycles. The van der Waals surface area contributed by atoms with Gasteiger partial charge in [-0.25, -0.2) is 9.97 Å². The third kappa shape index (κ3) is 4.08. The Morgan fingerprint density at radius 1 is 1.25 bits per heavy atom. The molecule has 1 unspecified atom stereocenters. The zero-order chi connectivity index (χ0) is 16.9. The van der Waals surface area contributed by atoms with Crippen LogP contribution in [0, 0.1) is 5.92 Å². The molecule has 1 aliphatic heterocycles. The first-order valence-corrected chi connectivity index (χ1v) is 9.23. The van der Waals surface area contributed by atoms with Gasteiger partial charge in [-0.2, -0.15) is 0 Å². The lowest BCUT2D eigenvalue weighted by atomic mass is 9.95. The highest BCUT2D eigenvalue weighted by Gasteiger charge is 2.23. The number of anilines is 1. The van der Waals surface area contributed by atoms with E-state index in [-0.39, 0.29) is 5.91 Å². The quantitative estimate of drug-likeness (QED) is 0.852. The Morgan fingerprint density at radius 3 is 2.79 bits per heavy atom. The van der Waals surface area contributed by atoms with Crippen LogP contribution in [0.3, 0.4) is 0 Å². The van der Waals surface area contributed by atoms with Gasteiger partial charge in [0.2, 0.25) is 0 Å². The largest absolute Gasteiger partial charge is 0.361 e. The van der Waals surface area contributed by atoms with Crippen molar-refractivity contribution in [3.05, 3.63) is 34.7 Å². The van der Waals surface area contributed by atoms with Crippen LogP contribution >= 0.6 is 11.3 Å². The fourth-order valence-electron chi connectivity index (χ4n) is 3.03. The second-order valence-electron chi connectivity index (χ2n) is 6.43. The summed E-state index contributed by atoms with van der Waals surface area (Å²) in [6, 6.07) is 0. The number of aromatic nitrogens is 3. The molecule has 0 aliphatic carbocycles. The van der Waals surface area contributed by atoms with Crippen LogP contribution in [-0.4, -0.2) is 52.9 Å². The first kappa shape index (κ1) is 16.8. The van der Waals surface area contributed by atoms with E-state index in [0.717, 1.165) is 50.3 Å². The van der Waals surface area contributed by atoms with E-state index in [1.807, 2.05) is 41.7 Å². The smallest absolute Gasteiger partial charge is 0.273 e. The second kappa shape index (κ2) is 7.70. The second-order valence-corrected chi connectivity index (χ2v) is 7.15. The lowest BCUT2D eigenvalue weighted by Crippen LogP contribution is -2.32. The number of hydrogen-bond acceptors (Lipinski definition) is 6. The van der Waals surface area contributed by atoms with Crippen molar-refractivity contribution < 1.29 is 4.79 Å². The lowest BCUT2D eigenvalue weighted by molar-refractivity contribution is 0.0755. The minimum atomic E-state index is 0.0621. The molecular weight excluding hydrogens is 322 g/mol. The van der Waals surface area contributed by atoms with Crippen molar-refractivity contribution in [2.24, 2.45) is 5.92 Å². The monoisotopic (exact) mass is 345 g/mol. The molecule has 7 heteroatoms. The normalized spacial score (nSPS) is 18.2. The fraction of sp³-hybridized carbons (Fsp3) is 0.529. The van der Waals surface area contributed by atoms with Crippen LogP contribution in [0.1, 0.15) is 35.4 Å². The fourth-order valence-corrected chi connectivity index (χ4v) is 3.56. The lowest BCUT2D eigenvalue weighted by Gasteiger charge is -2.19. The number of carbonyl (C=O) groups is 1.